The van der Waals surface area contributed by atoms with Crippen LogP contribution in [-0.4, -0.2) is 57.0 Å². The van der Waals surface area contributed by atoms with Crippen molar-refractivity contribution >= 4 is 16.9 Å². The Bertz CT molecular complexity index is 1250. The molecule has 4 rings (SSSR count). The number of rotatable bonds is 7. The van der Waals surface area contributed by atoms with Crippen LogP contribution in [0.3, 0.4) is 0 Å². The largest absolute Gasteiger partial charge is 0.363 e. The molecule has 0 unspecified atom stereocenters. The molecule has 0 bridgehead atoms. The zero-order chi connectivity index (χ0) is 25.3. The fourth-order valence-electron chi connectivity index (χ4n) is 4.50. The summed E-state index contributed by atoms with van der Waals surface area (Å²) in [6.07, 6.45) is -2.90. The maximum Gasteiger partial charge on any atom is 0.266 e. The Balaban J connectivity index is 1.62. The van der Waals surface area contributed by atoms with Crippen molar-refractivity contribution in [2.24, 2.45) is 0 Å². The minimum Gasteiger partial charge on any atom is -0.363 e. The standard InChI is InChI=1S/C25H31F3N6O/c1-14(2)34-10-8-33(9-11-34)13-17-12-20-23(30-16(4)31-24(20)32-25(17)35)29-15(3)18-6-5-7-19(21(18)26)22(27)28/h5-7,12,14-15,22H,8-11,13H2,1-4H3,(H2,29,30,31,32,35)/t15-/m1/s1. The van der Waals surface area contributed by atoms with Gasteiger partial charge in [0.2, 0.25) is 0 Å². The molecule has 7 nitrogen and oxygen atoms in total. The first-order chi connectivity index (χ1) is 16.6. The van der Waals surface area contributed by atoms with E-state index in [0.717, 1.165) is 32.2 Å². The summed E-state index contributed by atoms with van der Waals surface area (Å²) in [5, 5.41) is 3.73. The molecule has 1 aliphatic rings. The van der Waals surface area contributed by atoms with E-state index in [-0.39, 0.29) is 11.1 Å². The first-order valence-electron chi connectivity index (χ1n) is 11.8. The highest BCUT2D eigenvalue weighted by atomic mass is 19.3. The van der Waals surface area contributed by atoms with Crippen LogP contribution in [0, 0.1) is 12.7 Å². The van der Waals surface area contributed by atoms with Gasteiger partial charge in [-0.3, -0.25) is 14.6 Å². The quantitative estimate of drug-likeness (QED) is 0.513. The lowest BCUT2D eigenvalue weighted by atomic mass is 10.0. The maximum absolute atomic E-state index is 14.7. The predicted molar refractivity (Wildman–Crippen MR) is 130 cm³/mol. The van der Waals surface area contributed by atoms with Crippen molar-refractivity contribution in [1.82, 2.24) is 24.8 Å². The molecule has 0 amide bonds. The Morgan fingerprint density at radius 1 is 1.09 bits per heavy atom. The maximum atomic E-state index is 14.7. The number of benzene rings is 1. The first kappa shape index (κ1) is 25.1. The first-order valence-corrected chi connectivity index (χ1v) is 11.8. The van der Waals surface area contributed by atoms with Crippen LogP contribution in [0.2, 0.25) is 0 Å². The van der Waals surface area contributed by atoms with E-state index in [1.807, 2.05) is 0 Å². The topological polar surface area (TPSA) is 77.2 Å². The second-order valence-electron chi connectivity index (χ2n) is 9.33. The molecule has 0 spiro atoms. The van der Waals surface area contributed by atoms with Gasteiger partial charge in [-0.05, 0) is 33.8 Å². The molecule has 35 heavy (non-hydrogen) atoms. The third-order valence-corrected chi connectivity index (χ3v) is 6.54. The van der Waals surface area contributed by atoms with Gasteiger partial charge in [-0.15, -0.1) is 0 Å². The van der Waals surface area contributed by atoms with Crippen LogP contribution in [0.25, 0.3) is 11.0 Å². The number of anilines is 1. The molecule has 188 valence electrons. The Morgan fingerprint density at radius 3 is 2.43 bits per heavy atom. The molecule has 1 aromatic carbocycles. The van der Waals surface area contributed by atoms with E-state index in [2.05, 4.69) is 43.9 Å². The molecule has 0 radical (unpaired) electrons. The van der Waals surface area contributed by atoms with Crippen molar-refractivity contribution in [1.29, 1.82) is 0 Å². The molecule has 0 aliphatic carbocycles. The van der Waals surface area contributed by atoms with Gasteiger partial charge >= 0.3 is 0 Å². The van der Waals surface area contributed by atoms with Gasteiger partial charge in [0, 0.05) is 49.9 Å². The molecule has 0 saturated carbocycles. The normalized spacial score (nSPS) is 16.4. The number of H-pyrrole nitrogens is 1. The van der Waals surface area contributed by atoms with Crippen molar-refractivity contribution in [3.63, 3.8) is 0 Å². The monoisotopic (exact) mass is 488 g/mol. The lowest BCUT2D eigenvalue weighted by Gasteiger charge is -2.36. The van der Waals surface area contributed by atoms with Gasteiger partial charge in [0.15, 0.2) is 0 Å². The molecular weight excluding hydrogens is 457 g/mol. The van der Waals surface area contributed by atoms with Gasteiger partial charge in [-0.1, -0.05) is 18.2 Å². The average molecular weight is 489 g/mol. The molecule has 3 heterocycles. The minimum absolute atomic E-state index is 0.111. The number of piperazine rings is 1. The average Bonchev–Trinajstić information content (AvgIpc) is 2.80. The molecular formula is C25H31F3N6O. The summed E-state index contributed by atoms with van der Waals surface area (Å²) < 4.78 is 41.1. The number of nitrogens with one attached hydrogen (secondary N) is 2. The van der Waals surface area contributed by atoms with E-state index in [4.69, 9.17) is 0 Å². The molecule has 1 atom stereocenters. The van der Waals surface area contributed by atoms with Gasteiger partial charge < -0.3 is 10.3 Å². The minimum atomic E-state index is -2.90. The Morgan fingerprint density at radius 2 is 1.77 bits per heavy atom. The number of hydrogen-bond acceptors (Lipinski definition) is 6. The highest BCUT2D eigenvalue weighted by molar-refractivity contribution is 5.87. The van der Waals surface area contributed by atoms with Crippen LogP contribution in [0.15, 0.2) is 29.1 Å². The SMILES string of the molecule is Cc1nc(N[C@H](C)c2cccc(C(F)F)c2F)c2cc(CN3CCN(C(C)C)CC3)c(=O)[nH]c2n1. The summed E-state index contributed by atoms with van der Waals surface area (Å²) >= 11 is 0. The number of pyridine rings is 1. The molecule has 2 aromatic heterocycles. The second kappa shape index (κ2) is 10.3. The summed E-state index contributed by atoms with van der Waals surface area (Å²) in [6.45, 7) is 11.8. The number of alkyl halides is 2. The van der Waals surface area contributed by atoms with Crippen LogP contribution in [0.4, 0.5) is 19.0 Å². The summed E-state index contributed by atoms with van der Waals surface area (Å²) in [5.41, 5.74) is 0.220. The highest BCUT2D eigenvalue weighted by Crippen LogP contribution is 2.30. The van der Waals surface area contributed by atoms with E-state index < -0.39 is 23.8 Å². The lowest BCUT2D eigenvalue weighted by Crippen LogP contribution is -2.48. The fraction of sp³-hybridized carbons (Fsp3) is 0.480. The fourth-order valence-corrected chi connectivity index (χ4v) is 4.50. The molecule has 10 heteroatoms. The van der Waals surface area contributed by atoms with Crippen molar-refractivity contribution in [2.75, 3.05) is 31.5 Å². The summed E-state index contributed by atoms with van der Waals surface area (Å²) in [7, 11) is 0. The Hall–Kier alpha value is -2.98. The number of aromatic nitrogens is 3. The van der Waals surface area contributed by atoms with Crippen LogP contribution >= 0.6 is 0 Å². The van der Waals surface area contributed by atoms with Gasteiger partial charge in [0.25, 0.3) is 12.0 Å². The van der Waals surface area contributed by atoms with Crippen LogP contribution in [-0.2, 0) is 6.54 Å². The third-order valence-electron chi connectivity index (χ3n) is 6.54. The summed E-state index contributed by atoms with van der Waals surface area (Å²) in [6, 6.07) is 5.58. The van der Waals surface area contributed by atoms with Crippen molar-refractivity contribution < 1.29 is 13.2 Å². The van der Waals surface area contributed by atoms with Crippen molar-refractivity contribution in [2.45, 2.75) is 52.7 Å². The van der Waals surface area contributed by atoms with Crippen molar-refractivity contribution in [3.05, 3.63) is 63.0 Å². The van der Waals surface area contributed by atoms with Gasteiger partial charge in [0.1, 0.15) is 23.1 Å². The smallest absolute Gasteiger partial charge is 0.266 e. The molecule has 3 aromatic rings. The number of aromatic amines is 1. The number of halogens is 3. The zero-order valence-corrected chi connectivity index (χ0v) is 20.4. The lowest BCUT2D eigenvalue weighted by molar-refractivity contribution is 0.104. The van der Waals surface area contributed by atoms with Gasteiger partial charge in [0.05, 0.1) is 17.0 Å². The molecule has 2 N–H and O–H groups in total. The van der Waals surface area contributed by atoms with E-state index in [1.54, 1.807) is 19.9 Å². The Labute approximate surface area is 202 Å². The van der Waals surface area contributed by atoms with E-state index in [9.17, 15) is 18.0 Å². The van der Waals surface area contributed by atoms with Gasteiger partial charge in [-0.25, -0.2) is 23.1 Å². The number of nitrogens with zero attached hydrogens (tertiary/aromatic N) is 4. The van der Waals surface area contributed by atoms with E-state index in [1.165, 1.54) is 12.1 Å². The van der Waals surface area contributed by atoms with Crippen LogP contribution in [0.1, 0.15) is 55.8 Å². The third kappa shape index (κ3) is 5.48. The van der Waals surface area contributed by atoms with Crippen molar-refractivity contribution in [3.8, 4) is 0 Å². The van der Waals surface area contributed by atoms with E-state index in [0.29, 0.717) is 40.8 Å². The molecule has 1 saturated heterocycles. The Kier molecular flexibility index (Phi) is 7.42. The van der Waals surface area contributed by atoms with Gasteiger partial charge in [-0.2, -0.15) is 0 Å². The zero-order valence-electron chi connectivity index (χ0n) is 20.4. The summed E-state index contributed by atoms with van der Waals surface area (Å²) in [4.78, 5) is 29.1. The van der Waals surface area contributed by atoms with Crippen LogP contribution < -0.4 is 10.9 Å². The summed E-state index contributed by atoms with van der Waals surface area (Å²) in [5.74, 6) is -0.113. The molecule has 1 fully saturated rings. The molecule has 1 aliphatic heterocycles. The number of aryl methyl sites for hydroxylation is 1. The second-order valence-corrected chi connectivity index (χ2v) is 9.33. The number of hydrogen-bond donors (Lipinski definition) is 2. The predicted octanol–water partition coefficient (Wildman–Crippen LogP) is 4.40. The van der Waals surface area contributed by atoms with E-state index >= 15 is 0 Å². The highest BCUT2D eigenvalue weighted by Gasteiger charge is 2.22. The number of fused-ring (bicyclic) bond motifs is 1. The van der Waals surface area contributed by atoms with Crippen LogP contribution in [0.5, 0.6) is 0 Å².